The van der Waals surface area contributed by atoms with Gasteiger partial charge in [0.05, 0.1) is 10.2 Å². The van der Waals surface area contributed by atoms with E-state index in [-0.39, 0.29) is 5.82 Å². The molecule has 152 valence electrons. The standard InChI is InChI=1S/C23H20FN3O2S/c1-23(2,3)29-22(28)27-20-12-16(10-11-25-20)14-4-6-15(7-5-14)21-26-18-9-8-17(24)13-19(18)30-21/h4-13H,1-3H3,(H,25,27,28). The Balaban J connectivity index is 1.54. The highest BCUT2D eigenvalue weighted by molar-refractivity contribution is 7.21. The summed E-state index contributed by atoms with van der Waals surface area (Å²) in [6, 6.07) is 16.2. The fourth-order valence-corrected chi connectivity index (χ4v) is 3.91. The van der Waals surface area contributed by atoms with Crippen molar-refractivity contribution in [2.45, 2.75) is 26.4 Å². The average Bonchev–Trinajstić information content (AvgIpc) is 3.10. The minimum Gasteiger partial charge on any atom is -0.444 e. The van der Waals surface area contributed by atoms with Gasteiger partial charge in [-0.15, -0.1) is 11.3 Å². The predicted molar refractivity (Wildman–Crippen MR) is 118 cm³/mol. The molecule has 30 heavy (non-hydrogen) atoms. The Bertz CT molecular complexity index is 1210. The van der Waals surface area contributed by atoms with Gasteiger partial charge in [0.2, 0.25) is 0 Å². The molecule has 2 aromatic carbocycles. The zero-order valence-electron chi connectivity index (χ0n) is 16.8. The summed E-state index contributed by atoms with van der Waals surface area (Å²) in [5.74, 6) is 0.153. The first kappa shape index (κ1) is 20.0. The second-order valence-electron chi connectivity index (χ2n) is 7.77. The number of rotatable bonds is 3. The monoisotopic (exact) mass is 421 g/mol. The van der Waals surface area contributed by atoms with E-state index in [1.54, 1.807) is 39.1 Å². The van der Waals surface area contributed by atoms with E-state index in [9.17, 15) is 9.18 Å². The summed E-state index contributed by atoms with van der Waals surface area (Å²) in [5.41, 5.74) is 3.05. The molecule has 0 bridgehead atoms. The molecule has 0 fully saturated rings. The van der Waals surface area contributed by atoms with E-state index in [1.165, 1.54) is 23.5 Å². The van der Waals surface area contributed by atoms with Gasteiger partial charge in [-0.2, -0.15) is 0 Å². The maximum Gasteiger partial charge on any atom is 0.413 e. The highest BCUT2D eigenvalue weighted by atomic mass is 32.1. The largest absolute Gasteiger partial charge is 0.444 e. The predicted octanol–water partition coefficient (Wildman–Crippen LogP) is 6.51. The van der Waals surface area contributed by atoms with Gasteiger partial charge in [0.1, 0.15) is 22.2 Å². The summed E-state index contributed by atoms with van der Waals surface area (Å²) in [6.07, 6.45) is 1.09. The summed E-state index contributed by atoms with van der Waals surface area (Å²) >= 11 is 1.46. The molecule has 0 saturated carbocycles. The number of halogens is 1. The van der Waals surface area contributed by atoms with Crippen molar-refractivity contribution < 1.29 is 13.9 Å². The summed E-state index contributed by atoms with van der Waals surface area (Å²) < 4.78 is 19.5. The van der Waals surface area contributed by atoms with Crippen LogP contribution in [0.2, 0.25) is 0 Å². The Kier molecular flexibility index (Phi) is 5.22. The lowest BCUT2D eigenvalue weighted by atomic mass is 10.1. The molecule has 0 unspecified atom stereocenters. The van der Waals surface area contributed by atoms with Crippen LogP contribution in [0.1, 0.15) is 20.8 Å². The van der Waals surface area contributed by atoms with Crippen LogP contribution in [0.25, 0.3) is 31.9 Å². The van der Waals surface area contributed by atoms with Crippen molar-refractivity contribution in [2.24, 2.45) is 0 Å². The molecular weight excluding hydrogens is 401 g/mol. The summed E-state index contributed by atoms with van der Waals surface area (Å²) in [4.78, 5) is 20.7. The van der Waals surface area contributed by atoms with Crippen molar-refractivity contribution in [3.05, 3.63) is 66.6 Å². The molecule has 1 amide bonds. The lowest BCUT2D eigenvalue weighted by molar-refractivity contribution is 0.0635. The van der Waals surface area contributed by atoms with E-state index in [0.29, 0.717) is 5.82 Å². The van der Waals surface area contributed by atoms with Gasteiger partial charge in [0.15, 0.2) is 0 Å². The smallest absolute Gasteiger partial charge is 0.413 e. The van der Waals surface area contributed by atoms with Crippen LogP contribution in [0.3, 0.4) is 0 Å². The van der Waals surface area contributed by atoms with Crippen molar-refractivity contribution in [1.29, 1.82) is 0 Å². The fourth-order valence-electron chi connectivity index (χ4n) is 2.91. The van der Waals surface area contributed by atoms with E-state index >= 15 is 0 Å². The molecule has 0 aliphatic carbocycles. The molecule has 5 nitrogen and oxygen atoms in total. The van der Waals surface area contributed by atoms with Crippen molar-refractivity contribution in [3.8, 4) is 21.7 Å². The van der Waals surface area contributed by atoms with Crippen LogP contribution in [0.4, 0.5) is 15.0 Å². The first-order valence-electron chi connectivity index (χ1n) is 9.40. The molecule has 0 aliphatic rings. The zero-order chi connectivity index (χ0) is 21.3. The molecule has 4 rings (SSSR count). The van der Waals surface area contributed by atoms with E-state index in [2.05, 4.69) is 15.3 Å². The molecule has 0 aliphatic heterocycles. The van der Waals surface area contributed by atoms with Crippen LogP contribution < -0.4 is 5.32 Å². The van der Waals surface area contributed by atoms with Crippen molar-refractivity contribution in [3.63, 3.8) is 0 Å². The highest BCUT2D eigenvalue weighted by Gasteiger charge is 2.16. The number of pyridine rings is 1. The number of ether oxygens (including phenoxy) is 1. The number of thiazole rings is 1. The number of amides is 1. The Morgan fingerprint density at radius 1 is 1.00 bits per heavy atom. The van der Waals surface area contributed by atoms with E-state index in [4.69, 9.17) is 4.74 Å². The third-order valence-corrected chi connectivity index (χ3v) is 5.27. The van der Waals surface area contributed by atoms with Gasteiger partial charge in [-0.25, -0.2) is 19.2 Å². The van der Waals surface area contributed by atoms with Gasteiger partial charge in [0.25, 0.3) is 0 Å². The van der Waals surface area contributed by atoms with Gasteiger partial charge in [-0.05, 0) is 62.2 Å². The molecule has 0 saturated heterocycles. The van der Waals surface area contributed by atoms with Crippen molar-refractivity contribution >= 4 is 33.5 Å². The third kappa shape index (κ3) is 4.63. The molecule has 2 aromatic heterocycles. The summed E-state index contributed by atoms with van der Waals surface area (Å²) in [6.45, 7) is 5.42. The van der Waals surface area contributed by atoms with E-state index in [0.717, 1.165) is 31.9 Å². The third-order valence-electron chi connectivity index (χ3n) is 4.20. The van der Waals surface area contributed by atoms with Crippen LogP contribution in [0, 0.1) is 5.82 Å². The Labute approximate surface area is 177 Å². The maximum absolute atomic E-state index is 13.4. The van der Waals surface area contributed by atoms with Gasteiger partial charge >= 0.3 is 6.09 Å². The molecule has 0 spiro atoms. The summed E-state index contributed by atoms with van der Waals surface area (Å²) in [5, 5.41) is 3.49. The molecule has 1 N–H and O–H groups in total. The number of nitrogens with zero attached hydrogens (tertiary/aromatic N) is 2. The van der Waals surface area contributed by atoms with Gasteiger partial charge < -0.3 is 4.74 Å². The lowest BCUT2D eigenvalue weighted by Crippen LogP contribution is -2.27. The Morgan fingerprint density at radius 2 is 1.73 bits per heavy atom. The SMILES string of the molecule is CC(C)(C)OC(=O)Nc1cc(-c2ccc(-c3nc4ccc(F)cc4s3)cc2)ccn1. The minimum atomic E-state index is -0.579. The molecule has 2 heterocycles. The lowest BCUT2D eigenvalue weighted by Gasteiger charge is -2.19. The normalized spacial score (nSPS) is 11.5. The van der Waals surface area contributed by atoms with Crippen LogP contribution in [-0.4, -0.2) is 21.7 Å². The first-order chi connectivity index (χ1) is 14.3. The number of hydrogen-bond donors (Lipinski definition) is 1. The van der Waals surface area contributed by atoms with Crippen LogP contribution in [0.5, 0.6) is 0 Å². The number of carbonyl (C=O) groups is 1. The van der Waals surface area contributed by atoms with Crippen molar-refractivity contribution in [2.75, 3.05) is 5.32 Å². The molecule has 7 heteroatoms. The Hall–Kier alpha value is -3.32. The second kappa shape index (κ2) is 7.84. The van der Waals surface area contributed by atoms with E-state index in [1.807, 2.05) is 30.3 Å². The number of anilines is 1. The minimum absolute atomic E-state index is 0.262. The number of hydrogen-bond acceptors (Lipinski definition) is 5. The molecule has 0 radical (unpaired) electrons. The number of carbonyl (C=O) groups excluding carboxylic acids is 1. The number of fused-ring (bicyclic) bond motifs is 1. The summed E-state index contributed by atoms with van der Waals surface area (Å²) in [7, 11) is 0. The topological polar surface area (TPSA) is 64.1 Å². The molecular formula is C23H20FN3O2S. The van der Waals surface area contributed by atoms with Gasteiger partial charge in [-0.1, -0.05) is 24.3 Å². The van der Waals surface area contributed by atoms with Crippen LogP contribution in [-0.2, 0) is 4.74 Å². The number of nitrogens with one attached hydrogen (secondary N) is 1. The van der Waals surface area contributed by atoms with Crippen LogP contribution >= 0.6 is 11.3 Å². The van der Waals surface area contributed by atoms with Gasteiger partial charge in [-0.3, -0.25) is 5.32 Å². The highest BCUT2D eigenvalue weighted by Crippen LogP contribution is 2.32. The van der Waals surface area contributed by atoms with Gasteiger partial charge in [0, 0.05) is 11.8 Å². The quantitative estimate of drug-likeness (QED) is 0.409. The number of benzene rings is 2. The fraction of sp³-hybridized carbons (Fsp3) is 0.174. The van der Waals surface area contributed by atoms with Crippen LogP contribution in [0.15, 0.2) is 60.8 Å². The average molecular weight is 421 g/mol. The first-order valence-corrected chi connectivity index (χ1v) is 10.2. The number of aromatic nitrogens is 2. The van der Waals surface area contributed by atoms with E-state index < -0.39 is 11.7 Å². The molecule has 4 aromatic rings. The maximum atomic E-state index is 13.4. The second-order valence-corrected chi connectivity index (χ2v) is 8.80. The Morgan fingerprint density at radius 3 is 2.47 bits per heavy atom. The molecule has 0 atom stereocenters. The zero-order valence-corrected chi connectivity index (χ0v) is 17.6. The van der Waals surface area contributed by atoms with Crippen molar-refractivity contribution in [1.82, 2.24) is 9.97 Å².